The zero-order valence-corrected chi connectivity index (χ0v) is 14.6. The zero-order chi connectivity index (χ0) is 17.4. The predicted octanol–water partition coefficient (Wildman–Crippen LogP) is 1.77. The van der Waals surface area contributed by atoms with E-state index in [9.17, 15) is 9.59 Å². The molecule has 0 radical (unpaired) electrons. The number of rotatable bonds is 8. The molecule has 0 saturated heterocycles. The van der Waals surface area contributed by atoms with Crippen LogP contribution in [0.4, 0.5) is 0 Å². The number of carbonyl (C=O) groups is 2. The van der Waals surface area contributed by atoms with Gasteiger partial charge in [-0.1, -0.05) is 52.0 Å². The molecule has 0 saturated carbocycles. The number of nitrogens with two attached hydrogens (primary N) is 1. The number of carbonyl (C=O) groups excluding carboxylic acids is 2. The van der Waals surface area contributed by atoms with Crippen LogP contribution in [0.3, 0.4) is 0 Å². The van der Waals surface area contributed by atoms with E-state index in [1.54, 1.807) is 0 Å². The molecule has 0 heterocycles. The van der Waals surface area contributed by atoms with Gasteiger partial charge in [0, 0.05) is 0 Å². The minimum absolute atomic E-state index is 0.0509. The Kier molecular flexibility index (Phi) is 7.75. The van der Waals surface area contributed by atoms with Crippen molar-refractivity contribution in [3.05, 3.63) is 35.4 Å². The van der Waals surface area contributed by atoms with E-state index in [1.807, 2.05) is 0 Å². The molecule has 1 aromatic rings. The lowest BCUT2D eigenvalue weighted by atomic mass is 9.93. The third-order valence-corrected chi connectivity index (χ3v) is 3.60. The minimum atomic E-state index is -0.334. The lowest BCUT2D eigenvalue weighted by molar-refractivity contribution is -0.126. The molecule has 5 heteroatoms. The average Bonchev–Trinajstić information content (AvgIpc) is 2.50. The van der Waals surface area contributed by atoms with E-state index < -0.39 is 0 Å². The van der Waals surface area contributed by atoms with E-state index in [4.69, 9.17) is 5.73 Å². The van der Waals surface area contributed by atoms with E-state index in [-0.39, 0.29) is 36.9 Å². The van der Waals surface area contributed by atoms with Gasteiger partial charge in [-0.05, 0) is 29.4 Å². The molecule has 0 aliphatic heterocycles. The first-order chi connectivity index (χ1) is 10.8. The lowest BCUT2D eigenvalue weighted by Crippen LogP contribution is -2.41. The van der Waals surface area contributed by atoms with E-state index in [1.165, 1.54) is 5.56 Å². The quantitative estimate of drug-likeness (QED) is 0.683. The lowest BCUT2D eigenvalue weighted by Gasteiger charge is -2.23. The first-order valence-electron chi connectivity index (χ1n) is 8.18. The van der Waals surface area contributed by atoms with Crippen molar-refractivity contribution in [1.29, 1.82) is 0 Å². The average molecular weight is 319 g/mol. The molecule has 0 bridgehead atoms. The second-order valence-corrected chi connectivity index (χ2v) is 6.61. The van der Waals surface area contributed by atoms with Gasteiger partial charge in [-0.25, -0.2) is 0 Å². The Morgan fingerprint density at radius 2 is 1.65 bits per heavy atom. The normalized spacial score (nSPS) is 12.3. The summed E-state index contributed by atoms with van der Waals surface area (Å²) < 4.78 is 0. The largest absolute Gasteiger partial charge is 0.348 e. The molecule has 0 aliphatic carbocycles. The maximum absolute atomic E-state index is 12.0. The predicted molar refractivity (Wildman–Crippen MR) is 92.8 cm³/mol. The number of benzene rings is 1. The molecule has 0 aliphatic rings. The van der Waals surface area contributed by atoms with Crippen molar-refractivity contribution in [2.75, 3.05) is 13.1 Å². The maximum atomic E-state index is 12.0. The van der Waals surface area contributed by atoms with E-state index in [0.29, 0.717) is 5.92 Å². The van der Waals surface area contributed by atoms with Crippen molar-refractivity contribution in [3.8, 4) is 0 Å². The van der Waals surface area contributed by atoms with Gasteiger partial charge in [0.1, 0.15) is 0 Å². The molecule has 1 rings (SSSR count). The summed E-state index contributed by atoms with van der Waals surface area (Å²) in [5.41, 5.74) is 7.58. The van der Waals surface area contributed by atoms with Crippen LogP contribution in [0.5, 0.6) is 0 Å². The number of amides is 2. The van der Waals surface area contributed by atoms with E-state index in [2.05, 4.69) is 62.6 Å². The standard InChI is InChI=1S/C18H29N3O2/c1-12(2)9-14-5-7-15(8-6-14)18(13(3)4)21-17(23)11-20-16(22)10-19/h5-8,12-13,18H,9-11,19H2,1-4H3,(H,20,22)(H,21,23). The molecule has 0 spiro atoms. The molecule has 4 N–H and O–H groups in total. The minimum Gasteiger partial charge on any atom is -0.348 e. The van der Waals surface area contributed by atoms with Gasteiger partial charge in [-0.15, -0.1) is 0 Å². The molecule has 0 fully saturated rings. The second kappa shape index (κ2) is 9.30. The topological polar surface area (TPSA) is 84.2 Å². The molecule has 2 amide bonds. The third kappa shape index (κ3) is 6.82. The fourth-order valence-corrected chi connectivity index (χ4v) is 2.44. The van der Waals surface area contributed by atoms with Gasteiger partial charge < -0.3 is 16.4 Å². The summed E-state index contributed by atoms with van der Waals surface area (Å²) >= 11 is 0. The van der Waals surface area contributed by atoms with Crippen LogP contribution in [0.1, 0.15) is 44.9 Å². The molecular formula is C18H29N3O2. The smallest absolute Gasteiger partial charge is 0.239 e. The van der Waals surface area contributed by atoms with Crippen LogP contribution in [0.2, 0.25) is 0 Å². The molecule has 1 aromatic carbocycles. The fourth-order valence-electron chi connectivity index (χ4n) is 2.44. The monoisotopic (exact) mass is 319 g/mol. The number of hydrogen-bond donors (Lipinski definition) is 3. The Labute approximate surface area is 139 Å². The van der Waals surface area contributed by atoms with Crippen molar-refractivity contribution in [2.45, 2.75) is 40.2 Å². The molecule has 0 aromatic heterocycles. The Morgan fingerprint density at radius 1 is 1.04 bits per heavy atom. The van der Waals surface area contributed by atoms with Gasteiger partial charge in [0.05, 0.1) is 19.1 Å². The Bertz CT molecular complexity index is 510. The zero-order valence-electron chi connectivity index (χ0n) is 14.6. The van der Waals surface area contributed by atoms with Crippen LogP contribution in [-0.4, -0.2) is 24.9 Å². The second-order valence-electron chi connectivity index (χ2n) is 6.61. The summed E-state index contributed by atoms with van der Waals surface area (Å²) in [6, 6.07) is 8.30. The van der Waals surface area contributed by atoms with E-state index >= 15 is 0 Å². The summed E-state index contributed by atoms with van der Waals surface area (Å²) in [5, 5.41) is 5.46. The summed E-state index contributed by atoms with van der Waals surface area (Å²) in [4.78, 5) is 23.1. The fraction of sp³-hybridized carbons (Fsp3) is 0.556. The molecule has 1 unspecified atom stereocenters. The van der Waals surface area contributed by atoms with Crippen LogP contribution in [0.15, 0.2) is 24.3 Å². The van der Waals surface area contributed by atoms with Crippen molar-refractivity contribution >= 4 is 11.8 Å². The third-order valence-electron chi connectivity index (χ3n) is 3.60. The van der Waals surface area contributed by atoms with Gasteiger partial charge in [0.25, 0.3) is 0 Å². The molecule has 1 atom stereocenters. The Morgan fingerprint density at radius 3 is 2.13 bits per heavy atom. The number of hydrogen-bond acceptors (Lipinski definition) is 3. The van der Waals surface area contributed by atoms with Crippen LogP contribution in [0.25, 0.3) is 0 Å². The SMILES string of the molecule is CC(C)Cc1ccc(C(NC(=O)CNC(=O)CN)C(C)C)cc1. The molecule has 5 nitrogen and oxygen atoms in total. The van der Waals surface area contributed by atoms with Gasteiger partial charge in [-0.2, -0.15) is 0 Å². The van der Waals surface area contributed by atoms with Crippen LogP contribution in [0, 0.1) is 11.8 Å². The van der Waals surface area contributed by atoms with Crippen LogP contribution >= 0.6 is 0 Å². The van der Waals surface area contributed by atoms with Crippen molar-refractivity contribution in [2.24, 2.45) is 17.6 Å². The van der Waals surface area contributed by atoms with Crippen molar-refractivity contribution in [1.82, 2.24) is 10.6 Å². The first-order valence-corrected chi connectivity index (χ1v) is 8.18. The summed E-state index contributed by atoms with van der Waals surface area (Å²) in [6.45, 7) is 8.35. The molecule has 23 heavy (non-hydrogen) atoms. The summed E-state index contributed by atoms with van der Waals surface area (Å²) in [7, 11) is 0. The van der Waals surface area contributed by atoms with Crippen LogP contribution in [-0.2, 0) is 16.0 Å². The summed E-state index contributed by atoms with van der Waals surface area (Å²) in [5.74, 6) is 0.323. The number of nitrogens with one attached hydrogen (secondary N) is 2. The Balaban J connectivity index is 2.70. The van der Waals surface area contributed by atoms with Gasteiger partial charge >= 0.3 is 0 Å². The highest BCUT2D eigenvalue weighted by Gasteiger charge is 2.18. The van der Waals surface area contributed by atoms with Gasteiger partial charge in [0.15, 0.2) is 0 Å². The van der Waals surface area contributed by atoms with Gasteiger partial charge in [-0.3, -0.25) is 9.59 Å². The highest BCUT2D eigenvalue weighted by Crippen LogP contribution is 2.22. The highest BCUT2D eigenvalue weighted by molar-refractivity contribution is 5.85. The van der Waals surface area contributed by atoms with Crippen molar-refractivity contribution < 1.29 is 9.59 Å². The molecular weight excluding hydrogens is 290 g/mol. The molecule has 128 valence electrons. The van der Waals surface area contributed by atoms with Crippen LogP contribution < -0.4 is 16.4 Å². The first kappa shape index (κ1) is 19.2. The maximum Gasteiger partial charge on any atom is 0.239 e. The van der Waals surface area contributed by atoms with Gasteiger partial charge in [0.2, 0.25) is 11.8 Å². The van der Waals surface area contributed by atoms with E-state index in [0.717, 1.165) is 12.0 Å². The summed E-state index contributed by atoms with van der Waals surface area (Å²) in [6.07, 6.45) is 1.05. The van der Waals surface area contributed by atoms with Crippen molar-refractivity contribution in [3.63, 3.8) is 0 Å². The Hall–Kier alpha value is -1.88. The highest BCUT2D eigenvalue weighted by atomic mass is 16.2.